The highest BCUT2D eigenvalue weighted by molar-refractivity contribution is 5.88. The van der Waals surface area contributed by atoms with Gasteiger partial charge < -0.3 is 10.4 Å². The molecule has 0 radical (unpaired) electrons. The van der Waals surface area contributed by atoms with Crippen LogP contribution in [0, 0.1) is 0 Å². The molecule has 98 valence electrons. The van der Waals surface area contributed by atoms with Gasteiger partial charge in [0.25, 0.3) is 0 Å². The Balaban J connectivity index is 0.000000191. The summed E-state index contributed by atoms with van der Waals surface area (Å²) >= 11 is 0. The molecule has 0 aliphatic heterocycles. The first kappa shape index (κ1) is 14.4. The molecule has 4 heteroatoms. The van der Waals surface area contributed by atoms with E-state index in [-0.39, 0.29) is 5.91 Å². The second-order valence-electron chi connectivity index (χ2n) is 3.72. The third kappa shape index (κ3) is 6.02. The first-order valence-electron chi connectivity index (χ1n) is 5.70. The zero-order valence-electron chi connectivity index (χ0n) is 10.5. The molecular weight excluding hydrogens is 242 g/mol. The molecule has 0 fully saturated rings. The minimum Gasteiger partial charge on any atom is -0.478 e. The second kappa shape index (κ2) is 7.66. The Morgan fingerprint density at radius 3 is 1.74 bits per heavy atom. The summed E-state index contributed by atoms with van der Waals surface area (Å²) < 4.78 is 0. The summed E-state index contributed by atoms with van der Waals surface area (Å²) in [4.78, 5) is 20.7. The SMILES string of the molecule is CC(=O)Nc1ccccc1.O=C(O)c1ccccc1. The summed E-state index contributed by atoms with van der Waals surface area (Å²) in [6, 6.07) is 17.7. The van der Waals surface area contributed by atoms with Crippen LogP contribution in [0.2, 0.25) is 0 Å². The van der Waals surface area contributed by atoms with E-state index in [1.807, 2.05) is 30.3 Å². The van der Waals surface area contributed by atoms with Gasteiger partial charge in [-0.05, 0) is 24.3 Å². The van der Waals surface area contributed by atoms with Gasteiger partial charge in [0.2, 0.25) is 5.91 Å². The summed E-state index contributed by atoms with van der Waals surface area (Å²) in [5, 5.41) is 11.1. The molecule has 2 aromatic carbocycles. The molecule has 19 heavy (non-hydrogen) atoms. The summed E-state index contributed by atoms with van der Waals surface area (Å²) in [6.45, 7) is 1.49. The van der Waals surface area contributed by atoms with Crippen LogP contribution >= 0.6 is 0 Å². The number of para-hydroxylation sites is 1. The van der Waals surface area contributed by atoms with Crippen LogP contribution in [0.4, 0.5) is 5.69 Å². The number of rotatable bonds is 2. The molecule has 0 atom stereocenters. The van der Waals surface area contributed by atoms with Crippen LogP contribution in [0.5, 0.6) is 0 Å². The Morgan fingerprint density at radius 1 is 0.895 bits per heavy atom. The van der Waals surface area contributed by atoms with Crippen molar-refractivity contribution < 1.29 is 14.7 Å². The molecule has 2 rings (SSSR count). The molecule has 0 saturated carbocycles. The normalized spacial score (nSPS) is 8.89. The Kier molecular flexibility index (Phi) is 5.82. The lowest BCUT2D eigenvalue weighted by molar-refractivity contribution is -0.114. The van der Waals surface area contributed by atoms with Crippen molar-refractivity contribution >= 4 is 17.6 Å². The Morgan fingerprint density at radius 2 is 1.37 bits per heavy atom. The number of aromatic carboxylic acids is 1. The van der Waals surface area contributed by atoms with Crippen molar-refractivity contribution in [3.63, 3.8) is 0 Å². The Labute approximate surface area is 111 Å². The van der Waals surface area contributed by atoms with Gasteiger partial charge in [-0.2, -0.15) is 0 Å². The molecule has 0 heterocycles. The van der Waals surface area contributed by atoms with Crippen LogP contribution in [-0.2, 0) is 4.79 Å². The van der Waals surface area contributed by atoms with Gasteiger partial charge in [0.1, 0.15) is 0 Å². The predicted octanol–water partition coefficient (Wildman–Crippen LogP) is 3.03. The van der Waals surface area contributed by atoms with Gasteiger partial charge in [-0.3, -0.25) is 4.79 Å². The fraction of sp³-hybridized carbons (Fsp3) is 0.0667. The molecule has 0 bridgehead atoms. The van der Waals surface area contributed by atoms with Crippen LogP contribution in [0.25, 0.3) is 0 Å². The number of carboxylic acid groups (broad SMARTS) is 1. The number of nitrogens with one attached hydrogen (secondary N) is 1. The van der Waals surface area contributed by atoms with Gasteiger partial charge in [0.15, 0.2) is 0 Å². The summed E-state index contributed by atoms with van der Waals surface area (Å²) in [6.07, 6.45) is 0. The standard InChI is InChI=1S/C8H9NO.C7H6O2/c1-7(10)9-8-5-3-2-4-6-8;8-7(9)6-4-2-1-3-5-6/h2-6H,1H3,(H,9,10);1-5H,(H,8,9). The molecule has 0 spiro atoms. The average Bonchev–Trinajstić information content (AvgIpc) is 2.41. The molecule has 0 saturated heterocycles. The third-order valence-electron chi connectivity index (χ3n) is 2.11. The monoisotopic (exact) mass is 257 g/mol. The first-order chi connectivity index (χ1) is 9.09. The molecule has 2 N–H and O–H groups in total. The Hall–Kier alpha value is -2.62. The maximum Gasteiger partial charge on any atom is 0.335 e. The number of carbonyl (C=O) groups excluding carboxylic acids is 1. The van der Waals surface area contributed by atoms with Gasteiger partial charge in [-0.1, -0.05) is 36.4 Å². The molecule has 2 aromatic rings. The van der Waals surface area contributed by atoms with Gasteiger partial charge in [0.05, 0.1) is 5.56 Å². The van der Waals surface area contributed by atoms with Crippen molar-refractivity contribution in [2.24, 2.45) is 0 Å². The number of hydrogen-bond donors (Lipinski definition) is 2. The van der Waals surface area contributed by atoms with E-state index in [2.05, 4.69) is 5.32 Å². The first-order valence-corrected chi connectivity index (χ1v) is 5.70. The quantitative estimate of drug-likeness (QED) is 0.869. The number of benzene rings is 2. The van der Waals surface area contributed by atoms with E-state index in [0.717, 1.165) is 5.69 Å². The number of hydrogen-bond acceptors (Lipinski definition) is 2. The van der Waals surface area contributed by atoms with Crippen LogP contribution in [0.15, 0.2) is 60.7 Å². The van der Waals surface area contributed by atoms with Crippen LogP contribution in [0.3, 0.4) is 0 Å². The molecule has 0 unspecified atom stereocenters. The lowest BCUT2D eigenvalue weighted by atomic mass is 10.2. The van der Waals surface area contributed by atoms with E-state index < -0.39 is 5.97 Å². The molecule has 0 aliphatic carbocycles. The van der Waals surface area contributed by atoms with Crippen molar-refractivity contribution in [1.82, 2.24) is 0 Å². The topological polar surface area (TPSA) is 66.4 Å². The predicted molar refractivity (Wildman–Crippen MR) is 74.1 cm³/mol. The van der Waals surface area contributed by atoms with Crippen molar-refractivity contribution in [2.75, 3.05) is 5.32 Å². The number of amides is 1. The third-order valence-corrected chi connectivity index (χ3v) is 2.11. The summed E-state index contributed by atoms with van der Waals surface area (Å²) in [5.41, 5.74) is 1.17. The minimum atomic E-state index is -0.879. The number of carbonyl (C=O) groups is 2. The van der Waals surface area contributed by atoms with Crippen molar-refractivity contribution in [1.29, 1.82) is 0 Å². The molecule has 0 aromatic heterocycles. The maximum atomic E-state index is 10.5. The number of anilines is 1. The summed E-state index contributed by atoms with van der Waals surface area (Å²) in [5.74, 6) is -0.915. The van der Waals surface area contributed by atoms with Gasteiger partial charge in [-0.25, -0.2) is 4.79 Å². The van der Waals surface area contributed by atoms with E-state index in [4.69, 9.17) is 5.11 Å². The highest BCUT2D eigenvalue weighted by atomic mass is 16.4. The summed E-state index contributed by atoms with van der Waals surface area (Å²) in [7, 11) is 0. The van der Waals surface area contributed by atoms with Crippen LogP contribution < -0.4 is 5.32 Å². The van der Waals surface area contributed by atoms with Gasteiger partial charge >= 0.3 is 5.97 Å². The molecule has 0 aliphatic rings. The van der Waals surface area contributed by atoms with E-state index >= 15 is 0 Å². The maximum absolute atomic E-state index is 10.5. The second-order valence-corrected chi connectivity index (χ2v) is 3.72. The molecular formula is C15H15NO3. The highest BCUT2D eigenvalue weighted by Gasteiger charge is 1.96. The van der Waals surface area contributed by atoms with Crippen molar-refractivity contribution in [3.05, 3.63) is 66.2 Å². The van der Waals surface area contributed by atoms with E-state index in [1.165, 1.54) is 6.92 Å². The molecule has 1 amide bonds. The minimum absolute atomic E-state index is 0.0359. The smallest absolute Gasteiger partial charge is 0.335 e. The van der Waals surface area contributed by atoms with Crippen molar-refractivity contribution in [2.45, 2.75) is 6.92 Å². The van der Waals surface area contributed by atoms with Crippen LogP contribution in [0.1, 0.15) is 17.3 Å². The average molecular weight is 257 g/mol. The zero-order chi connectivity index (χ0) is 14.1. The highest BCUT2D eigenvalue weighted by Crippen LogP contribution is 2.03. The largest absolute Gasteiger partial charge is 0.478 e. The van der Waals surface area contributed by atoms with Crippen LogP contribution in [-0.4, -0.2) is 17.0 Å². The van der Waals surface area contributed by atoms with Crippen molar-refractivity contribution in [3.8, 4) is 0 Å². The fourth-order valence-electron chi connectivity index (χ4n) is 1.31. The number of carboxylic acids is 1. The molecule has 4 nitrogen and oxygen atoms in total. The fourth-order valence-corrected chi connectivity index (χ4v) is 1.31. The lowest BCUT2D eigenvalue weighted by Crippen LogP contribution is -2.04. The lowest BCUT2D eigenvalue weighted by Gasteiger charge is -1.98. The van der Waals surface area contributed by atoms with Gasteiger partial charge in [0, 0.05) is 12.6 Å². The van der Waals surface area contributed by atoms with E-state index in [0.29, 0.717) is 5.56 Å². The van der Waals surface area contributed by atoms with E-state index in [9.17, 15) is 9.59 Å². The van der Waals surface area contributed by atoms with E-state index in [1.54, 1.807) is 30.3 Å². The van der Waals surface area contributed by atoms with Gasteiger partial charge in [-0.15, -0.1) is 0 Å². The Bertz CT molecular complexity index is 524. The zero-order valence-corrected chi connectivity index (χ0v) is 10.5.